The third-order valence-electron chi connectivity index (χ3n) is 4.88. The fourth-order valence-corrected chi connectivity index (χ4v) is 4.00. The minimum Gasteiger partial charge on any atom is -0.497 e. The van der Waals surface area contributed by atoms with Crippen molar-refractivity contribution in [3.63, 3.8) is 0 Å². The highest BCUT2D eigenvalue weighted by Crippen LogP contribution is 2.23. The number of anilines is 1. The summed E-state index contributed by atoms with van der Waals surface area (Å²) in [6.07, 6.45) is 0.999. The third kappa shape index (κ3) is 7.45. The van der Waals surface area contributed by atoms with E-state index in [2.05, 4.69) is 5.32 Å². The minimum atomic E-state index is -3.83. The number of rotatable bonds is 10. The molecule has 0 saturated carbocycles. The van der Waals surface area contributed by atoms with Crippen LogP contribution in [-0.4, -0.2) is 57.1 Å². The summed E-state index contributed by atoms with van der Waals surface area (Å²) in [6, 6.07) is 10.8. The Morgan fingerprint density at radius 1 is 1.09 bits per heavy atom. The van der Waals surface area contributed by atoms with Gasteiger partial charge in [-0.3, -0.25) is 13.9 Å². The number of carbonyl (C=O) groups excluding carboxylic acids is 2. The van der Waals surface area contributed by atoms with Gasteiger partial charge in [0.2, 0.25) is 21.8 Å². The highest BCUT2D eigenvalue weighted by Gasteiger charge is 2.30. The van der Waals surface area contributed by atoms with E-state index in [1.165, 1.54) is 42.3 Å². The Morgan fingerprint density at radius 3 is 2.27 bits per heavy atom. The molecule has 33 heavy (non-hydrogen) atoms. The zero-order chi connectivity index (χ0) is 24.8. The van der Waals surface area contributed by atoms with Gasteiger partial charge in [0.05, 0.1) is 19.1 Å². The van der Waals surface area contributed by atoms with Crippen molar-refractivity contribution in [3.8, 4) is 5.75 Å². The molecule has 0 saturated heterocycles. The number of sulfonamides is 1. The van der Waals surface area contributed by atoms with Crippen molar-refractivity contribution in [3.05, 3.63) is 59.9 Å². The van der Waals surface area contributed by atoms with Gasteiger partial charge in [-0.15, -0.1) is 0 Å². The van der Waals surface area contributed by atoms with Crippen LogP contribution in [0, 0.1) is 5.82 Å². The summed E-state index contributed by atoms with van der Waals surface area (Å²) in [4.78, 5) is 27.3. The second-order valence-electron chi connectivity index (χ2n) is 7.96. The average molecular weight is 480 g/mol. The van der Waals surface area contributed by atoms with E-state index in [0.29, 0.717) is 11.3 Å². The molecule has 2 rings (SSSR count). The molecule has 0 unspecified atom stereocenters. The van der Waals surface area contributed by atoms with Gasteiger partial charge in [0.15, 0.2) is 0 Å². The largest absolute Gasteiger partial charge is 0.497 e. The summed E-state index contributed by atoms with van der Waals surface area (Å²) in [6.45, 7) is 4.64. The van der Waals surface area contributed by atoms with E-state index in [1.807, 2.05) is 0 Å². The lowest BCUT2D eigenvalue weighted by molar-refractivity contribution is -0.139. The van der Waals surface area contributed by atoms with E-state index in [9.17, 15) is 22.4 Å². The molecule has 0 aliphatic rings. The van der Waals surface area contributed by atoms with Gasteiger partial charge in [-0.05, 0) is 50.6 Å². The monoisotopic (exact) mass is 479 g/mol. The quantitative estimate of drug-likeness (QED) is 0.565. The Labute approximate surface area is 194 Å². The number of amides is 2. The average Bonchev–Trinajstić information content (AvgIpc) is 2.75. The van der Waals surface area contributed by atoms with Crippen LogP contribution in [0.3, 0.4) is 0 Å². The van der Waals surface area contributed by atoms with Crippen molar-refractivity contribution < 1.29 is 27.1 Å². The molecule has 2 amide bonds. The Bertz CT molecular complexity index is 1070. The molecule has 0 aliphatic carbocycles. The van der Waals surface area contributed by atoms with E-state index in [0.717, 1.165) is 10.6 Å². The first kappa shape index (κ1) is 26.1. The second kappa shape index (κ2) is 11.1. The first-order valence-corrected chi connectivity index (χ1v) is 12.2. The summed E-state index contributed by atoms with van der Waals surface area (Å²) in [7, 11) is -2.38. The number of halogens is 1. The normalized spacial score (nSPS) is 12.2. The molecule has 8 nitrogen and oxygen atoms in total. The smallest absolute Gasteiger partial charge is 0.244 e. The van der Waals surface area contributed by atoms with E-state index in [-0.39, 0.29) is 24.2 Å². The van der Waals surface area contributed by atoms with E-state index in [4.69, 9.17) is 4.74 Å². The molecular formula is C23H30FN3O5S. The van der Waals surface area contributed by atoms with E-state index < -0.39 is 34.3 Å². The minimum absolute atomic E-state index is 0.00150. The first-order chi connectivity index (χ1) is 15.4. The highest BCUT2D eigenvalue weighted by atomic mass is 32.2. The molecule has 0 fully saturated rings. The Kier molecular flexibility index (Phi) is 8.81. The fraction of sp³-hybridized carbons (Fsp3) is 0.391. The van der Waals surface area contributed by atoms with Gasteiger partial charge in [0, 0.05) is 18.7 Å². The van der Waals surface area contributed by atoms with Gasteiger partial charge in [-0.25, -0.2) is 12.8 Å². The molecule has 1 atom stereocenters. The summed E-state index contributed by atoms with van der Waals surface area (Å²) in [5.74, 6) is -0.961. The van der Waals surface area contributed by atoms with Crippen LogP contribution in [0.15, 0.2) is 48.5 Å². The summed E-state index contributed by atoms with van der Waals surface area (Å²) in [5.41, 5.74) is 0.854. The van der Waals surface area contributed by atoms with Crippen LogP contribution in [0.25, 0.3) is 0 Å². The van der Waals surface area contributed by atoms with Crippen molar-refractivity contribution in [2.24, 2.45) is 0 Å². The lowest BCUT2D eigenvalue weighted by Crippen LogP contribution is -2.52. The summed E-state index contributed by atoms with van der Waals surface area (Å²) < 4.78 is 44.5. The van der Waals surface area contributed by atoms with Crippen LogP contribution < -0.4 is 14.4 Å². The standard InChI is InChI=1S/C23H30FN3O5S/c1-16(2)25-23(29)17(3)26(14-18-9-11-19(24)12-10-18)22(28)15-27(33(5,30)31)20-7-6-8-21(13-20)32-4/h6-13,16-17H,14-15H2,1-5H3,(H,25,29)/t17-/m0/s1. The van der Waals surface area contributed by atoms with Crippen LogP contribution in [0.1, 0.15) is 26.3 Å². The molecule has 2 aromatic rings. The predicted molar refractivity (Wildman–Crippen MR) is 125 cm³/mol. The van der Waals surface area contributed by atoms with Crippen LogP contribution in [0.2, 0.25) is 0 Å². The fourth-order valence-electron chi connectivity index (χ4n) is 3.15. The number of hydrogen-bond acceptors (Lipinski definition) is 5. The molecule has 0 radical (unpaired) electrons. The van der Waals surface area contributed by atoms with Gasteiger partial charge in [-0.2, -0.15) is 0 Å². The molecule has 1 N–H and O–H groups in total. The molecule has 180 valence electrons. The van der Waals surface area contributed by atoms with Crippen LogP contribution in [-0.2, 0) is 26.2 Å². The van der Waals surface area contributed by atoms with Crippen molar-refractivity contribution in [2.75, 3.05) is 24.2 Å². The number of carbonyl (C=O) groups is 2. The molecule has 0 spiro atoms. The molecule has 2 aromatic carbocycles. The number of nitrogens with zero attached hydrogens (tertiary/aromatic N) is 2. The van der Waals surface area contributed by atoms with Crippen molar-refractivity contribution in [2.45, 2.75) is 39.4 Å². The highest BCUT2D eigenvalue weighted by molar-refractivity contribution is 7.92. The van der Waals surface area contributed by atoms with Gasteiger partial charge in [-0.1, -0.05) is 18.2 Å². The van der Waals surface area contributed by atoms with E-state index >= 15 is 0 Å². The van der Waals surface area contributed by atoms with Crippen molar-refractivity contribution >= 4 is 27.5 Å². The molecule has 10 heteroatoms. The molecule has 0 heterocycles. The number of ether oxygens (including phenoxy) is 1. The van der Waals surface area contributed by atoms with Crippen molar-refractivity contribution in [1.29, 1.82) is 0 Å². The summed E-state index contributed by atoms with van der Waals surface area (Å²) in [5, 5.41) is 2.76. The molecule has 0 aliphatic heterocycles. The SMILES string of the molecule is COc1cccc(N(CC(=O)N(Cc2ccc(F)cc2)[C@@H](C)C(=O)NC(C)C)S(C)(=O)=O)c1. The van der Waals surface area contributed by atoms with Crippen LogP contribution >= 0.6 is 0 Å². The van der Waals surface area contributed by atoms with Gasteiger partial charge in [0.25, 0.3) is 0 Å². The van der Waals surface area contributed by atoms with Crippen LogP contribution in [0.4, 0.5) is 10.1 Å². The van der Waals surface area contributed by atoms with Gasteiger partial charge >= 0.3 is 0 Å². The molecule has 0 bridgehead atoms. The zero-order valence-electron chi connectivity index (χ0n) is 19.4. The van der Waals surface area contributed by atoms with Crippen LogP contribution in [0.5, 0.6) is 5.75 Å². The maximum absolute atomic E-state index is 13.4. The lowest BCUT2D eigenvalue weighted by Gasteiger charge is -2.32. The summed E-state index contributed by atoms with van der Waals surface area (Å²) >= 11 is 0. The predicted octanol–water partition coefficient (Wildman–Crippen LogP) is 2.54. The lowest BCUT2D eigenvalue weighted by atomic mass is 10.1. The number of methoxy groups -OCH3 is 1. The number of hydrogen-bond donors (Lipinski definition) is 1. The van der Waals surface area contributed by atoms with E-state index in [1.54, 1.807) is 39.0 Å². The first-order valence-electron chi connectivity index (χ1n) is 10.4. The maximum atomic E-state index is 13.4. The zero-order valence-corrected chi connectivity index (χ0v) is 20.2. The Morgan fingerprint density at radius 2 is 1.73 bits per heavy atom. The third-order valence-corrected chi connectivity index (χ3v) is 6.03. The second-order valence-corrected chi connectivity index (χ2v) is 9.87. The molecular weight excluding hydrogens is 449 g/mol. The molecule has 0 aromatic heterocycles. The Balaban J connectivity index is 2.39. The Hall–Kier alpha value is -3.14. The van der Waals surface area contributed by atoms with Gasteiger partial charge < -0.3 is 15.0 Å². The van der Waals surface area contributed by atoms with Gasteiger partial charge in [0.1, 0.15) is 24.2 Å². The number of benzene rings is 2. The number of nitrogens with one attached hydrogen (secondary N) is 1. The topological polar surface area (TPSA) is 96.0 Å². The maximum Gasteiger partial charge on any atom is 0.244 e. The van der Waals surface area contributed by atoms with Crippen molar-refractivity contribution in [1.82, 2.24) is 10.2 Å².